The van der Waals surface area contributed by atoms with E-state index in [1.807, 2.05) is 6.08 Å². The number of carboxylic acid groups (broad SMARTS) is 1. The summed E-state index contributed by atoms with van der Waals surface area (Å²) in [6, 6.07) is 0.271. The average molecular weight is 197 g/mol. The maximum atomic E-state index is 10.6. The fourth-order valence-electron chi connectivity index (χ4n) is 1.70. The van der Waals surface area contributed by atoms with E-state index in [0.717, 1.165) is 6.54 Å². The molecule has 0 aliphatic heterocycles. The quantitative estimate of drug-likeness (QED) is 0.504. The van der Waals surface area contributed by atoms with Gasteiger partial charge in [0.15, 0.2) is 0 Å². The van der Waals surface area contributed by atoms with Crippen LogP contribution in [0.25, 0.3) is 0 Å². The summed E-state index contributed by atoms with van der Waals surface area (Å²) in [4.78, 5) is 10.6. The lowest BCUT2D eigenvalue weighted by Gasteiger charge is -2.11. The van der Waals surface area contributed by atoms with Gasteiger partial charge in [-0.25, -0.2) is 0 Å². The standard InChI is InChI=1S/C11H19NO2/c1-2-3-4-7-12-10-6-5-9(8-10)11(13)14/h5-6,9-10,12H,2-4,7-8H2,1H3,(H,13,14). The van der Waals surface area contributed by atoms with Crippen molar-refractivity contribution in [2.24, 2.45) is 5.92 Å². The van der Waals surface area contributed by atoms with Crippen LogP contribution in [0.1, 0.15) is 32.6 Å². The fraction of sp³-hybridized carbons (Fsp3) is 0.727. The lowest BCUT2D eigenvalue weighted by atomic mass is 10.1. The number of hydrogen-bond donors (Lipinski definition) is 2. The summed E-state index contributed by atoms with van der Waals surface area (Å²) in [6.07, 6.45) is 8.12. The Bertz CT molecular complexity index is 213. The molecule has 0 aromatic carbocycles. The molecule has 0 saturated heterocycles. The van der Waals surface area contributed by atoms with E-state index in [0.29, 0.717) is 6.42 Å². The molecule has 0 amide bonds. The summed E-state index contributed by atoms with van der Waals surface area (Å²) in [5.41, 5.74) is 0. The molecule has 1 rings (SSSR count). The number of nitrogens with one attached hydrogen (secondary N) is 1. The molecule has 3 heteroatoms. The first-order valence-corrected chi connectivity index (χ1v) is 5.38. The molecule has 0 bridgehead atoms. The normalized spacial score (nSPS) is 25.5. The maximum Gasteiger partial charge on any atom is 0.310 e. The second kappa shape index (κ2) is 5.81. The van der Waals surface area contributed by atoms with Crippen LogP contribution in [0.3, 0.4) is 0 Å². The van der Waals surface area contributed by atoms with Gasteiger partial charge in [-0.05, 0) is 19.4 Å². The van der Waals surface area contributed by atoms with E-state index in [9.17, 15) is 4.79 Å². The highest BCUT2D eigenvalue weighted by atomic mass is 16.4. The van der Waals surface area contributed by atoms with Crippen LogP contribution in [0.5, 0.6) is 0 Å². The zero-order chi connectivity index (χ0) is 10.4. The third-order valence-corrected chi connectivity index (χ3v) is 2.59. The minimum atomic E-state index is -0.709. The van der Waals surface area contributed by atoms with Crippen molar-refractivity contribution in [1.29, 1.82) is 0 Å². The molecule has 0 heterocycles. The van der Waals surface area contributed by atoms with Crippen LogP contribution >= 0.6 is 0 Å². The van der Waals surface area contributed by atoms with E-state index in [1.165, 1.54) is 19.3 Å². The SMILES string of the molecule is CCCCCNC1C=CC(C(=O)O)C1. The van der Waals surface area contributed by atoms with Crippen molar-refractivity contribution in [3.05, 3.63) is 12.2 Å². The Morgan fingerprint density at radius 1 is 1.50 bits per heavy atom. The van der Waals surface area contributed by atoms with E-state index in [4.69, 9.17) is 5.11 Å². The van der Waals surface area contributed by atoms with Crippen molar-refractivity contribution in [3.8, 4) is 0 Å². The summed E-state index contributed by atoms with van der Waals surface area (Å²) in [5, 5.41) is 12.1. The molecule has 0 spiro atoms. The van der Waals surface area contributed by atoms with Crippen LogP contribution in [0.15, 0.2) is 12.2 Å². The summed E-state index contributed by atoms with van der Waals surface area (Å²) < 4.78 is 0. The topological polar surface area (TPSA) is 49.3 Å². The van der Waals surface area contributed by atoms with Crippen molar-refractivity contribution in [2.45, 2.75) is 38.6 Å². The number of unbranched alkanes of at least 4 members (excludes halogenated alkanes) is 2. The lowest BCUT2D eigenvalue weighted by molar-refractivity contribution is -0.140. The van der Waals surface area contributed by atoms with E-state index >= 15 is 0 Å². The van der Waals surface area contributed by atoms with E-state index in [1.54, 1.807) is 6.08 Å². The molecular weight excluding hydrogens is 178 g/mol. The number of aliphatic carboxylic acids is 1. The first kappa shape index (κ1) is 11.2. The zero-order valence-electron chi connectivity index (χ0n) is 8.70. The molecule has 2 N–H and O–H groups in total. The Balaban J connectivity index is 2.11. The van der Waals surface area contributed by atoms with Crippen molar-refractivity contribution in [2.75, 3.05) is 6.54 Å². The predicted octanol–water partition coefficient (Wildman–Crippen LogP) is 1.80. The summed E-state index contributed by atoms with van der Waals surface area (Å²) >= 11 is 0. The van der Waals surface area contributed by atoms with E-state index < -0.39 is 5.97 Å². The Hall–Kier alpha value is -0.830. The van der Waals surface area contributed by atoms with E-state index in [2.05, 4.69) is 12.2 Å². The second-order valence-corrected chi connectivity index (χ2v) is 3.83. The molecule has 1 aliphatic rings. The molecule has 2 unspecified atom stereocenters. The molecule has 0 aromatic rings. The van der Waals surface area contributed by atoms with Gasteiger partial charge < -0.3 is 10.4 Å². The summed E-state index contributed by atoms with van der Waals surface area (Å²) in [5.74, 6) is -0.988. The summed E-state index contributed by atoms with van der Waals surface area (Å²) in [6.45, 7) is 3.17. The van der Waals surface area contributed by atoms with Gasteiger partial charge in [0.1, 0.15) is 0 Å². The van der Waals surface area contributed by atoms with Gasteiger partial charge in [-0.15, -0.1) is 0 Å². The van der Waals surface area contributed by atoms with Crippen LogP contribution in [0.2, 0.25) is 0 Å². The smallest absolute Gasteiger partial charge is 0.310 e. The van der Waals surface area contributed by atoms with Gasteiger partial charge in [-0.1, -0.05) is 31.9 Å². The number of carbonyl (C=O) groups is 1. The lowest BCUT2D eigenvalue weighted by Crippen LogP contribution is -2.28. The van der Waals surface area contributed by atoms with Crippen molar-refractivity contribution in [1.82, 2.24) is 5.32 Å². The highest BCUT2D eigenvalue weighted by molar-refractivity contribution is 5.72. The van der Waals surface area contributed by atoms with Gasteiger partial charge in [-0.2, -0.15) is 0 Å². The first-order chi connectivity index (χ1) is 6.74. The maximum absolute atomic E-state index is 10.6. The largest absolute Gasteiger partial charge is 0.481 e. The molecule has 0 radical (unpaired) electrons. The van der Waals surface area contributed by atoms with Crippen LogP contribution in [-0.4, -0.2) is 23.7 Å². The highest BCUT2D eigenvalue weighted by Gasteiger charge is 2.23. The monoisotopic (exact) mass is 197 g/mol. The second-order valence-electron chi connectivity index (χ2n) is 3.83. The molecule has 1 aliphatic carbocycles. The Labute approximate surface area is 85.2 Å². The van der Waals surface area contributed by atoms with Gasteiger partial charge in [0, 0.05) is 6.04 Å². The van der Waals surface area contributed by atoms with Crippen molar-refractivity contribution < 1.29 is 9.90 Å². The van der Waals surface area contributed by atoms with Crippen LogP contribution in [0.4, 0.5) is 0 Å². The van der Waals surface area contributed by atoms with Gasteiger partial charge in [-0.3, -0.25) is 4.79 Å². The fourth-order valence-corrected chi connectivity index (χ4v) is 1.70. The predicted molar refractivity (Wildman–Crippen MR) is 56.2 cm³/mol. The Morgan fingerprint density at radius 2 is 2.29 bits per heavy atom. The van der Waals surface area contributed by atoms with Crippen LogP contribution < -0.4 is 5.32 Å². The van der Waals surface area contributed by atoms with Gasteiger partial charge in [0.2, 0.25) is 0 Å². The molecule has 2 atom stereocenters. The highest BCUT2D eigenvalue weighted by Crippen LogP contribution is 2.17. The average Bonchev–Trinajstić information content (AvgIpc) is 2.61. The molecule has 3 nitrogen and oxygen atoms in total. The molecule has 14 heavy (non-hydrogen) atoms. The Morgan fingerprint density at radius 3 is 2.86 bits per heavy atom. The number of rotatable bonds is 6. The van der Waals surface area contributed by atoms with Gasteiger partial charge in [0.05, 0.1) is 5.92 Å². The Kier molecular flexibility index (Phi) is 4.66. The third kappa shape index (κ3) is 3.50. The zero-order valence-corrected chi connectivity index (χ0v) is 8.70. The molecule has 0 fully saturated rings. The van der Waals surface area contributed by atoms with Crippen LogP contribution in [0, 0.1) is 5.92 Å². The summed E-state index contributed by atoms with van der Waals surface area (Å²) in [7, 11) is 0. The van der Waals surface area contributed by atoms with Crippen LogP contribution in [-0.2, 0) is 4.79 Å². The minimum Gasteiger partial charge on any atom is -0.481 e. The number of hydrogen-bond acceptors (Lipinski definition) is 2. The molecule has 0 aromatic heterocycles. The number of carboxylic acids is 1. The van der Waals surface area contributed by atoms with Crippen molar-refractivity contribution in [3.63, 3.8) is 0 Å². The molecular formula is C11H19NO2. The molecule has 0 saturated carbocycles. The molecule has 80 valence electrons. The van der Waals surface area contributed by atoms with Gasteiger partial charge >= 0.3 is 5.97 Å². The van der Waals surface area contributed by atoms with Crippen molar-refractivity contribution >= 4 is 5.97 Å². The third-order valence-electron chi connectivity index (χ3n) is 2.59. The first-order valence-electron chi connectivity index (χ1n) is 5.38. The minimum absolute atomic E-state index is 0.271. The van der Waals surface area contributed by atoms with E-state index in [-0.39, 0.29) is 12.0 Å². The van der Waals surface area contributed by atoms with Gasteiger partial charge in [0.25, 0.3) is 0 Å².